The Labute approximate surface area is 336 Å². The summed E-state index contributed by atoms with van der Waals surface area (Å²) in [6.07, 6.45) is 0. The molecule has 2 aromatic heterocycles. The van der Waals surface area contributed by atoms with Gasteiger partial charge in [-0.1, -0.05) is 140 Å². The van der Waals surface area contributed by atoms with Crippen molar-refractivity contribution in [2.75, 3.05) is 0 Å². The van der Waals surface area contributed by atoms with Crippen LogP contribution in [0.1, 0.15) is 22.3 Å². The van der Waals surface area contributed by atoms with Crippen molar-refractivity contribution in [1.82, 2.24) is 9.13 Å². The molecule has 0 spiro atoms. The molecule has 3 nitrogen and oxygen atoms in total. The average molecular weight is 740 g/mol. The molecule has 3 heteroatoms. The molecule has 0 fully saturated rings. The van der Waals surface area contributed by atoms with Crippen molar-refractivity contribution in [2.24, 2.45) is 5.73 Å². The van der Waals surface area contributed by atoms with E-state index in [1.54, 1.807) is 0 Å². The molecule has 272 valence electrons. The van der Waals surface area contributed by atoms with Crippen molar-refractivity contribution in [1.29, 1.82) is 0 Å². The number of nitrogens with zero attached hydrogens (tertiary/aromatic N) is 2. The molecule has 1 aliphatic rings. The van der Waals surface area contributed by atoms with Crippen LogP contribution in [0.15, 0.2) is 194 Å². The Hall–Kier alpha value is -7.62. The van der Waals surface area contributed by atoms with Crippen LogP contribution in [-0.4, -0.2) is 9.13 Å². The number of hydrogen-bond donors (Lipinski definition) is 1. The number of aryl methyl sites for hydroxylation is 1. The van der Waals surface area contributed by atoms with Crippen molar-refractivity contribution < 1.29 is 0 Å². The van der Waals surface area contributed by atoms with Gasteiger partial charge in [0.05, 0.1) is 22.1 Å². The zero-order chi connectivity index (χ0) is 38.5. The maximum absolute atomic E-state index is 7.24. The Morgan fingerprint density at radius 3 is 1.86 bits per heavy atom. The third-order valence-corrected chi connectivity index (χ3v) is 12.4. The zero-order valence-corrected chi connectivity index (χ0v) is 31.9. The van der Waals surface area contributed by atoms with Crippen LogP contribution in [0.2, 0.25) is 0 Å². The quantitative estimate of drug-likeness (QED) is 0.192. The van der Waals surface area contributed by atoms with Crippen LogP contribution in [0.5, 0.6) is 0 Å². The molecular weight excluding hydrogens is 703 g/mol. The number of aromatic nitrogens is 2. The van der Waals surface area contributed by atoms with E-state index in [0.29, 0.717) is 0 Å². The summed E-state index contributed by atoms with van der Waals surface area (Å²) < 4.78 is 4.81. The molecule has 0 amide bonds. The van der Waals surface area contributed by atoms with Gasteiger partial charge in [0, 0.05) is 55.1 Å². The van der Waals surface area contributed by atoms with Crippen LogP contribution >= 0.6 is 0 Å². The highest BCUT2D eigenvalue weighted by molar-refractivity contribution is 6.19. The van der Waals surface area contributed by atoms with Crippen molar-refractivity contribution >= 4 is 65.7 Å². The molecule has 2 N–H and O–H groups in total. The van der Waals surface area contributed by atoms with Gasteiger partial charge in [0.1, 0.15) is 0 Å². The maximum atomic E-state index is 7.24. The Bertz CT molecular complexity index is 3520. The van der Waals surface area contributed by atoms with E-state index >= 15 is 0 Å². The number of rotatable bonds is 4. The topological polar surface area (TPSA) is 35.9 Å². The van der Waals surface area contributed by atoms with Crippen LogP contribution < -0.4 is 5.73 Å². The summed E-state index contributed by atoms with van der Waals surface area (Å²) in [4.78, 5) is 0. The van der Waals surface area contributed by atoms with E-state index in [9.17, 15) is 0 Å². The van der Waals surface area contributed by atoms with Crippen molar-refractivity contribution in [3.05, 3.63) is 216 Å². The van der Waals surface area contributed by atoms with Crippen LogP contribution in [0.3, 0.4) is 0 Å². The van der Waals surface area contributed by atoms with Crippen LogP contribution in [0.4, 0.5) is 0 Å². The molecule has 1 aliphatic carbocycles. The van der Waals surface area contributed by atoms with Crippen LogP contribution in [0, 0.1) is 6.92 Å². The van der Waals surface area contributed by atoms with Crippen molar-refractivity contribution in [3.8, 4) is 33.6 Å². The lowest BCUT2D eigenvalue weighted by molar-refractivity contribution is 1.18. The highest BCUT2D eigenvalue weighted by Gasteiger charge is 2.27. The van der Waals surface area contributed by atoms with Gasteiger partial charge >= 0.3 is 0 Å². The third-order valence-electron chi connectivity index (χ3n) is 12.4. The predicted octanol–water partition coefficient (Wildman–Crippen LogP) is 13.9. The molecule has 2 heterocycles. The molecule has 12 rings (SSSR count). The summed E-state index contributed by atoms with van der Waals surface area (Å²) in [5.74, 6) is 0. The Morgan fingerprint density at radius 2 is 1.03 bits per heavy atom. The normalized spacial score (nSPS) is 13.2. The minimum atomic E-state index is 0.794. The highest BCUT2D eigenvalue weighted by atomic mass is 15.0. The maximum Gasteiger partial charge on any atom is 0.0619 e. The monoisotopic (exact) mass is 739 g/mol. The molecular formula is C55H37N3. The summed E-state index contributed by atoms with van der Waals surface area (Å²) in [6, 6.07) is 70.5. The molecule has 0 aliphatic heterocycles. The first kappa shape index (κ1) is 32.6. The zero-order valence-electron chi connectivity index (χ0n) is 31.9. The fraction of sp³-hybridized carbons (Fsp3) is 0.0182. The van der Waals surface area contributed by atoms with Crippen molar-refractivity contribution in [3.63, 3.8) is 0 Å². The van der Waals surface area contributed by atoms with Gasteiger partial charge in [0.2, 0.25) is 0 Å². The van der Waals surface area contributed by atoms with Gasteiger partial charge in [0.15, 0.2) is 0 Å². The number of para-hydroxylation sites is 2. The van der Waals surface area contributed by atoms with Gasteiger partial charge in [-0.25, -0.2) is 0 Å². The van der Waals surface area contributed by atoms with Crippen LogP contribution in [-0.2, 0) is 0 Å². The standard InChI is InChI=1S/C55H37N3/c1-34-13-11-23-44-42-20-7-8-22-45(42)53(52(34)44)54(56)38-15-12-18-40(31-38)57-49-24-10-9-21-43(49)47-32-36(26-29-50(47)57)37-27-30-51-48(33-37)46-28-25-35-14-5-6-19-41(35)55(46)58(51)39-16-3-2-4-17-39/h2-33H,56H2,1H3/b54-53-. The SMILES string of the molecule is Cc1cccc2c1/C(=C(\N)c1cccc(-n3c4ccccc4c4cc(-c5ccc6c(c5)c5ccc7ccccc7c5n6-c5ccccc5)ccc43)c1)c1ccccc1-2. The van der Waals surface area contributed by atoms with Gasteiger partial charge in [-0.3, -0.25) is 0 Å². The second-order valence-corrected chi connectivity index (χ2v) is 15.6. The number of hydrogen-bond acceptors (Lipinski definition) is 1. The fourth-order valence-corrected chi connectivity index (χ4v) is 9.77. The van der Waals surface area contributed by atoms with E-state index in [4.69, 9.17) is 5.73 Å². The second-order valence-electron chi connectivity index (χ2n) is 15.6. The lowest BCUT2D eigenvalue weighted by atomic mass is 9.95. The number of fused-ring (bicyclic) bond motifs is 11. The molecule has 0 unspecified atom stereocenters. The molecule has 0 saturated heterocycles. The fourth-order valence-electron chi connectivity index (χ4n) is 9.77. The van der Waals surface area contributed by atoms with Gasteiger partial charge in [-0.05, 0) is 106 Å². The molecule has 0 bridgehead atoms. The molecule has 0 radical (unpaired) electrons. The van der Waals surface area contributed by atoms with Gasteiger partial charge in [-0.2, -0.15) is 0 Å². The molecule has 58 heavy (non-hydrogen) atoms. The predicted molar refractivity (Wildman–Crippen MR) is 245 cm³/mol. The van der Waals surface area contributed by atoms with E-state index < -0.39 is 0 Å². The number of benzene rings is 9. The minimum Gasteiger partial charge on any atom is -0.398 e. The summed E-state index contributed by atoms with van der Waals surface area (Å²) in [5.41, 5.74) is 25.7. The van der Waals surface area contributed by atoms with Gasteiger partial charge < -0.3 is 14.9 Å². The number of nitrogens with two attached hydrogens (primary N) is 1. The van der Waals surface area contributed by atoms with Gasteiger partial charge in [-0.15, -0.1) is 0 Å². The summed E-state index contributed by atoms with van der Waals surface area (Å²) in [6.45, 7) is 2.18. The average Bonchev–Trinajstić information content (AvgIpc) is 3.92. The van der Waals surface area contributed by atoms with E-state index in [1.165, 1.54) is 87.8 Å². The molecule has 11 aromatic rings. The lowest BCUT2D eigenvalue weighted by Crippen LogP contribution is -2.03. The first-order valence-electron chi connectivity index (χ1n) is 20.0. The van der Waals surface area contributed by atoms with E-state index in [-0.39, 0.29) is 0 Å². The minimum absolute atomic E-state index is 0.794. The first-order valence-corrected chi connectivity index (χ1v) is 20.0. The Morgan fingerprint density at radius 1 is 0.414 bits per heavy atom. The highest BCUT2D eigenvalue weighted by Crippen LogP contribution is 2.48. The summed E-state index contributed by atoms with van der Waals surface area (Å²) in [7, 11) is 0. The van der Waals surface area contributed by atoms with E-state index in [0.717, 1.165) is 33.7 Å². The molecule has 9 aromatic carbocycles. The molecule has 0 atom stereocenters. The Balaban J connectivity index is 1.02. The van der Waals surface area contributed by atoms with Crippen LogP contribution in [0.25, 0.3) is 99.3 Å². The van der Waals surface area contributed by atoms with Crippen molar-refractivity contribution in [2.45, 2.75) is 6.92 Å². The lowest BCUT2D eigenvalue weighted by Gasteiger charge is -2.14. The smallest absolute Gasteiger partial charge is 0.0619 e. The molecule has 0 saturated carbocycles. The second kappa shape index (κ2) is 12.4. The van der Waals surface area contributed by atoms with E-state index in [2.05, 4.69) is 210 Å². The first-order chi connectivity index (χ1) is 28.6. The van der Waals surface area contributed by atoms with Gasteiger partial charge in [0.25, 0.3) is 0 Å². The summed E-state index contributed by atoms with van der Waals surface area (Å²) in [5, 5.41) is 7.44. The Kier molecular flexibility index (Phi) is 6.99. The van der Waals surface area contributed by atoms with E-state index in [1.807, 2.05) is 0 Å². The largest absolute Gasteiger partial charge is 0.398 e. The third kappa shape index (κ3) is 4.68. The summed E-state index contributed by atoms with van der Waals surface area (Å²) >= 11 is 0.